The Morgan fingerprint density at radius 2 is 0.632 bits per heavy atom. The van der Waals surface area contributed by atoms with Gasteiger partial charge in [-0.2, -0.15) is 0 Å². The van der Waals surface area contributed by atoms with E-state index in [4.69, 9.17) is 0 Å². The van der Waals surface area contributed by atoms with E-state index in [1.807, 2.05) is 0 Å². The third-order valence-electron chi connectivity index (χ3n) is 7.84. The summed E-state index contributed by atoms with van der Waals surface area (Å²) in [7, 11) is 0. The van der Waals surface area contributed by atoms with E-state index in [0.717, 1.165) is 0 Å². The van der Waals surface area contributed by atoms with Gasteiger partial charge in [0, 0.05) is 0 Å². The summed E-state index contributed by atoms with van der Waals surface area (Å²) in [6.07, 6.45) is 3.81. The van der Waals surface area contributed by atoms with Crippen molar-refractivity contribution in [3.8, 4) is 0 Å². The van der Waals surface area contributed by atoms with Crippen LogP contribution in [-0.2, 0) is 0 Å². The Balaban J connectivity index is 1.40. The zero-order chi connectivity index (χ0) is 26.1. The molecule has 0 N–H and O–H groups in total. The second-order valence-electron chi connectivity index (χ2n) is 10.1. The third-order valence-corrected chi connectivity index (χ3v) is 41.2. The minimum atomic E-state index is -3.16. The first-order valence-corrected chi connectivity index (χ1v) is 31.3. The number of halogens is 1. The summed E-state index contributed by atoms with van der Waals surface area (Å²) >= 11 is -1.61. The Morgan fingerprint density at radius 3 is 0.974 bits per heavy atom. The van der Waals surface area contributed by atoms with Crippen LogP contribution in [0.25, 0.3) is 0 Å². The average molecular weight is 773 g/mol. The molecule has 0 nitrogen and oxygen atoms in total. The molecule has 0 amide bonds. The molecule has 0 aliphatic carbocycles. The topological polar surface area (TPSA) is 0 Å². The molecule has 0 bridgehead atoms. The summed E-state index contributed by atoms with van der Waals surface area (Å²) in [6.45, 7) is 0. The van der Waals surface area contributed by atoms with Crippen LogP contribution in [0, 0.1) is 0 Å². The zero-order valence-electron chi connectivity index (χ0n) is 21.8. The number of benzene rings is 5. The van der Waals surface area contributed by atoms with Gasteiger partial charge in [-0.25, -0.2) is 0 Å². The van der Waals surface area contributed by atoms with Crippen molar-refractivity contribution in [3.63, 3.8) is 0 Å². The first-order valence-electron chi connectivity index (χ1n) is 13.7. The van der Waals surface area contributed by atoms with Crippen LogP contribution in [0.5, 0.6) is 0 Å². The molecule has 0 fully saturated rings. The van der Waals surface area contributed by atoms with Crippen molar-refractivity contribution in [1.82, 2.24) is 0 Å². The van der Waals surface area contributed by atoms with E-state index >= 15 is 0 Å². The minimum absolute atomic E-state index is 1.27. The van der Waals surface area contributed by atoms with Crippen molar-refractivity contribution < 1.29 is 0 Å². The van der Waals surface area contributed by atoms with Gasteiger partial charge in [-0.1, -0.05) is 0 Å². The van der Waals surface area contributed by atoms with Gasteiger partial charge < -0.3 is 0 Å². The monoisotopic (exact) mass is 774 g/mol. The number of unbranched alkanes of at least 4 members (excludes halogenated alkanes) is 2. The summed E-state index contributed by atoms with van der Waals surface area (Å²) in [5, 5.41) is 0. The summed E-state index contributed by atoms with van der Waals surface area (Å²) < 4.78 is 10.4. The van der Waals surface area contributed by atoms with Gasteiger partial charge >= 0.3 is 245 Å². The van der Waals surface area contributed by atoms with E-state index in [0.29, 0.717) is 0 Å². The second kappa shape index (κ2) is 13.5. The summed E-state index contributed by atoms with van der Waals surface area (Å²) in [5.74, 6) is 0. The van der Waals surface area contributed by atoms with Crippen LogP contribution in [-0.4, -0.2) is 34.5 Å². The van der Waals surface area contributed by atoms with Crippen LogP contribution in [0.3, 0.4) is 0 Å². The molecular formula is C35H35BrSn2. The first-order chi connectivity index (χ1) is 18.7. The Morgan fingerprint density at radius 1 is 0.342 bits per heavy atom. The molecule has 5 aromatic carbocycles. The zero-order valence-corrected chi connectivity index (χ0v) is 29.1. The summed E-state index contributed by atoms with van der Waals surface area (Å²) in [5.41, 5.74) is 0. The molecule has 0 spiro atoms. The molecule has 0 unspecified atom stereocenters. The van der Waals surface area contributed by atoms with E-state index in [1.54, 1.807) is 17.9 Å². The molecule has 190 valence electrons. The van der Waals surface area contributed by atoms with E-state index < -0.39 is 34.5 Å². The van der Waals surface area contributed by atoms with Crippen molar-refractivity contribution in [2.24, 2.45) is 0 Å². The fraction of sp³-hybridized carbons (Fsp3) is 0.143. The van der Waals surface area contributed by atoms with Crippen LogP contribution in [0.1, 0.15) is 19.3 Å². The molecule has 5 aromatic rings. The van der Waals surface area contributed by atoms with Gasteiger partial charge in [0.25, 0.3) is 0 Å². The molecule has 5 rings (SSSR count). The molecular weight excluding hydrogens is 738 g/mol. The number of rotatable bonds is 11. The van der Waals surface area contributed by atoms with Gasteiger partial charge in [0.1, 0.15) is 0 Å². The van der Waals surface area contributed by atoms with Crippen molar-refractivity contribution in [2.75, 3.05) is 0 Å². The predicted molar refractivity (Wildman–Crippen MR) is 174 cm³/mol. The molecule has 38 heavy (non-hydrogen) atoms. The third kappa shape index (κ3) is 6.16. The molecule has 0 aromatic heterocycles. The fourth-order valence-electron chi connectivity index (χ4n) is 5.90. The quantitative estimate of drug-likeness (QED) is 0.107. The van der Waals surface area contributed by atoms with E-state index in [9.17, 15) is 0 Å². The van der Waals surface area contributed by atoms with E-state index in [1.165, 1.54) is 28.1 Å². The Labute approximate surface area is 242 Å². The van der Waals surface area contributed by atoms with Gasteiger partial charge in [-0.15, -0.1) is 0 Å². The maximum atomic E-state index is 4.43. The normalized spacial score (nSPS) is 11.8. The van der Waals surface area contributed by atoms with Crippen LogP contribution in [0.15, 0.2) is 152 Å². The number of hydrogen-bond acceptors (Lipinski definition) is 0. The van der Waals surface area contributed by atoms with Gasteiger partial charge in [0.05, 0.1) is 0 Å². The maximum absolute atomic E-state index is 4.43. The fourth-order valence-corrected chi connectivity index (χ4v) is 34.2. The molecule has 0 atom stereocenters. The Bertz CT molecular complexity index is 1240. The van der Waals surface area contributed by atoms with E-state index in [-0.39, 0.29) is 0 Å². The summed E-state index contributed by atoms with van der Waals surface area (Å²) in [6, 6.07) is 56.8. The molecule has 0 aliphatic rings. The number of hydrogen-bond donors (Lipinski definition) is 0. The Hall–Kier alpha value is -1.82. The van der Waals surface area contributed by atoms with Gasteiger partial charge in [-0.3, -0.25) is 0 Å². The van der Waals surface area contributed by atoms with Crippen LogP contribution < -0.4 is 17.9 Å². The molecule has 0 radical (unpaired) electrons. The standard InChI is InChI=1S/5C6H5.C5H10.BrH.2Sn/c5*1-2-4-6-5-3-1;1-3-5-4-2;;;/h5*1-5H;1-5H2;1H;;/q;;;;;;;;+1/p-1. The van der Waals surface area contributed by atoms with Crippen LogP contribution in [0.2, 0.25) is 8.87 Å². The molecule has 0 saturated carbocycles. The van der Waals surface area contributed by atoms with E-state index in [2.05, 4.69) is 164 Å². The molecule has 0 saturated heterocycles. The molecule has 3 heteroatoms. The van der Waals surface area contributed by atoms with Crippen molar-refractivity contribution >= 4 is 65.1 Å². The first kappa shape index (κ1) is 27.7. The van der Waals surface area contributed by atoms with Gasteiger partial charge in [0.2, 0.25) is 0 Å². The Kier molecular flexibility index (Phi) is 9.85. The molecule has 0 aliphatic heterocycles. The van der Waals surface area contributed by atoms with Crippen molar-refractivity contribution in [2.45, 2.75) is 28.1 Å². The molecule has 0 heterocycles. The summed E-state index contributed by atoms with van der Waals surface area (Å²) in [4.78, 5) is 0. The van der Waals surface area contributed by atoms with Crippen molar-refractivity contribution in [1.29, 1.82) is 0 Å². The second-order valence-corrected chi connectivity index (χ2v) is 40.0. The van der Waals surface area contributed by atoms with Gasteiger partial charge in [-0.05, 0) is 0 Å². The average Bonchev–Trinajstić information content (AvgIpc) is 3.01. The van der Waals surface area contributed by atoms with Crippen LogP contribution in [0.4, 0.5) is 0 Å². The van der Waals surface area contributed by atoms with Crippen LogP contribution >= 0.6 is 12.7 Å². The SMILES string of the molecule is [Br][Sn]([CH2]CCC[CH2][Sn]([c]1ccccc1)([c]1ccccc1)[c]1ccccc1)([c]1ccccc1)[c]1ccccc1. The van der Waals surface area contributed by atoms with Crippen molar-refractivity contribution in [3.05, 3.63) is 152 Å². The predicted octanol–water partition coefficient (Wildman–Crippen LogP) is 6.48. The van der Waals surface area contributed by atoms with Gasteiger partial charge in [0.15, 0.2) is 0 Å².